The van der Waals surface area contributed by atoms with Crippen LogP contribution in [0.15, 0.2) is 60.7 Å². The third kappa shape index (κ3) is 6.46. The molecule has 0 radical (unpaired) electrons. The Balaban J connectivity index is 1.34. The molecular formula is C33H38N6O8S. The van der Waals surface area contributed by atoms with Gasteiger partial charge in [-0.15, -0.1) is 11.8 Å². The molecule has 3 fully saturated rings. The lowest BCUT2D eigenvalue weighted by Gasteiger charge is -2.53. The molecule has 4 atom stereocenters. The standard InChI is InChI=1S/C33H38N6O8S/c1-4-5-16-37-17-18-38(29(44)28(37)43)31(46)35-23(22-14-10-7-11-15-22)26(41)36-24-27(42)39-25(32(2,3)48-33(24,39)34-20-40)30(45)47-19-21-12-8-6-9-13-21/h6-15,20,23-25H,4-5,16-19H2,1-3H3,(H,34,40)(H,35,46)(H,36,41)/t23?,24-,25+,33?/m1/s1. The molecule has 3 aliphatic rings. The highest BCUT2D eigenvalue weighted by atomic mass is 32.2. The number of nitrogens with zero attached hydrogens (tertiary/aromatic N) is 3. The first-order valence-electron chi connectivity index (χ1n) is 15.7. The summed E-state index contributed by atoms with van der Waals surface area (Å²) in [7, 11) is 0. The lowest BCUT2D eigenvalue weighted by molar-refractivity contribution is -0.174. The third-order valence-electron chi connectivity index (χ3n) is 8.57. The number of β-lactam (4-membered cyclic amide) rings is 1. The summed E-state index contributed by atoms with van der Waals surface area (Å²) in [4.78, 5) is 93.6. The summed E-state index contributed by atoms with van der Waals surface area (Å²) in [6, 6.07) is 12.5. The maximum Gasteiger partial charge on any atom is 0.330 e. The topological polar surface area (TPSA) is 175 Å². The predicted octanol–water partition coefficient (Wildman–Crippen LogP) is 1.27. The van der Waals surface area contributed by atoms with Crippen molar-refractivity contribution in [3.63, 3.8) is 0 Å². The van der Waals surface area contributed by atoms with Gasteiger partial charge in [0.1, 0.15) is 18.7 Å². The first-order chi connectivity index (χ1) is 22.9. The monoisotopic (exact) mass is 678 g/mol. The average Bonchev–Trinajstić information content (AvgIpc) is 3.29. The van der Waals surface area contributed by atoms with Crippen molar-refractivity contribution in [2.75, 3.05) is 19.6 Å². The molecule has 3 saturated heterocycles. The number of ether oxygens (including phenoxy) is 1. The van der Waals surface area contributed by atoms with Gasteiger partial charge >= 0.3 is 23.8 Å². The van der Waals surface area contributed by atoms with E-state index in [1.807, 2.05) is 13.0 Å². The molecule has 2 unspecified atom stereocenters. The minimum absolute atomic E-state index is 0.0203. The minimum Gasteiger partial charge on any atom is -0.459 e. The van der Waals surface area contributed by atoms with Gasteiger partial charge in [0.15, 0.2) is 11.0 Å². The molecule has 3 aliphatic heterocycles. The van der Waals surface area contributed by atoms with Crippen molar-refractivity contribution in [1.82, 2.24) is 30.7 Å². The number of amides is 7. The van der Waals surface area contributed by atoms with Crippen LogP contribution < -0.4 is 16.0 Å². The molecule has 7 amide bonds. The summed E-state index contributed by atoms with van der Waals surface area (Å²) < 4.78 is 4.63. The van der Waals surface area contributed by atoms with Gasteiger partial charge in [-0.2, -0.15) is 0 Å². The van der Waals surface area contributed by atoms with E-state index in [1.54, 1.807) is 68.4 Å². The van der Waals surface area contributed by atoms with Gasteiger partial charge in [-0.1, -0.05) is 74.0 Å². The second kappa shape index (κ2) is 14.1. The highest BCUT2D eigenvalue weighted by Gasteiger charge is 2.74. The number of carbonyl (C=O) groups is 7. The van der Waals surface area contributed by atoms with Crippen LogP contribution in [0, 0.1) is 0 Å². The fraction of sp³-hybridized carbons (Fsp3) is 0.424. The van der Waals surface area contributed by atoms with Crippen LogP contribution in [0.5, 0.6) is 0 Å². The zero-order valence-electron chi connectivity index (χ0n) is 26.8. The van der Waals surface area contributed by atoms with Gasteiger partial charge < -0.3 is 25.6 Å². The minimum atomic E-state index is -1.53. The van der Waals surface area contributed by atoms with Crippen molar-refractivity contribution in [1.29, 1.82) is 0 Å². The number of fused-ring (bicyclic) bond motifs is 1. The van der Waals surface area contributed by atoms with Crippen LogP contribution in [0.3, 0.4) is 0 Å². The Morgan fingerprint density at radius 1 is 1.00 bits per heavy atom. The van der Waals surface area contributed by atoms with E-state index in [9.17, 15) is 33.6 Å². The SMILES string of the molecule is CCCCN1CCN(C(=O)NC(C(=O)N[C@@H]2C(=O)N3[C@@H](C(=O)OCc4ccccc4)C(C)(C)SC23NC=O)c2ccccc2)C(=O)C1=O. The Kier molecular flexibility index (Phi) is 10.1. The molecule has 5 rings (SSSR count). The van der Waals surface area contributed by atoms with Gasteiger partial charge in [0, 0.05) is 24.4 Å². The van der Waals surface area contributed by atoms with Crippen molar-refractivity contribution < 1.29 is 38.3 Å². The van der Waals surface area contributed by atoms with Gasteiger partial charge in [0.2, 0.25) is 12.3 Å². The summed E-state index contributed by atoms with van der Waals surface area (Å²) in [5, 5.41) is 7.85. The number of hydrogen-bond donors (Lipinski definition) is 3. The molecule has 0 aromatic heterocycles. The van der Waals surface area contributed by atoms with Gasteiger partial charge in [-0.05, 0) is 31.4 Å². The van der Waals surface area contributed by atoms with Crippen molar-refractivity contribution >= 4 is 53.8 Å². The molecule has 2 aromatic carbocycles. The second-order valence-corrected chi connectivity index (χ2v) is 14.1. The van der Waals surface area contributed by atoms with E-state index in [0.717, 1.165) is 28.6 Å². The normalized spacial score (nSPS) is 23.5. The summed E-state index contributed by atoms with van der Waals surface area (Å²) in [6.45, 7) is 5.91. The van der Waals surface area contributed by atoms with Crippen molar-refractivity contribution in [3.8, 4) is 0 Å². The first-order valence-corrected chi connectivity index (χ1v) is 16.5. The van der Waals surface area contributed by atoms with E-state index in [2.05, 4.69) is 16.0 Å². The van der Waals surface area contributed by atoms with E-state index in [1.165, 1.54) is 9.80 Å². The summed E-state index contributed by atoms with van der Waals surface area (Å²) in [6.07, 6.45) is 1.93. The number of nitrogens with one attached hydrogen (secondary N) is 3. The Bertz CT molecular complexity index is 1590. The van der Waals surface area contributed by atoms with Crippen LogP contribution in [0.4, 0.5) is 4.79 Å². The number of piperazine rings is 1. The van der Waals surface area contributed by atoms with Crippen LogP contribution in [-0.4, -0.2) is 98.2 Å². The predicted molar refractivity (Wildman–Crippen MR) is 173 cm³/mol. The molecule has 48 heavy (non-hydrogen) atoms. The third-order valence-corrected chi connectivity index (χ3v) is 10.2. The van der Waals surface area contributed by atoms with Gasteiger partial charge in [-0.25, -0.2) is 9.59 Å². The Hall–Kier alpha value is -4.92. The lowest BCUT2D eigenvalue weighted by atomic mass is 9.92. The maximum absolute atomic E-state index is 13.9. The Morgan fingerprint density at radius 3 is 2.31 bits per heavy atom. The fourth-order valence-corrected chi connectivity index (χ4v) is 7.96. The average molecular weight is 679 g/mol. The van der Waals surface area contributed by atoms with Crippen LogP contribution in [-0.2, 0) is 40.1 Å². The van der Waals surface area contributed by atoms with Gasteiger partial charge in [0.05, 0.1) is 0 Å². The molecule has 0 aliphatic carbocycles. The second-order valence-electron chi connectivity index (χ2n) is 12.2. The highest BCUT2D eigenvalue weighted by Crippen LogP contribution is 2.57. The quantitative estimate of drug-likeness (QED) is 0.129. The van der Waals surface area contributed by atoms with Crippen LogP contribution >= 0.6 is 11.8 Å². The molecule has 3 heterocycles. The number of esters is 1. The van der Waals surface area contributed by atoms with Crippen LogP contribution in [0.25, 0.3) is 0 Å². The number of urea groups is 1. The number of unbranched alkanes of at least 4 members (excludes halogenated alkanes) is 1. The molecule has 14 nitrogen and oxygen atoms in total. The Labute approximate surface area is 281 Å². The molecule has 0 spiro atoms. The first kappa shape index (κ1) is 34.4. The molecule has 2 aromatic rings. The van der Waals surface area contributed by atoms with Gasteiger partial charge in [-0.3, -0.25) is 33.8 Å². The Morgan fingerprint density at radius 2 is 1.67 bits per heavy atom. The molecule has 3 N–H and O–H groups in total. The number of imide groups is 1. The van der Waals surface area contributed by atoms with E-state index in [4.69, 9.17) is 4.74 Å². The van der Waals surface area contributed by atoms with E-state index in [0.29, 0.717) is 24.9 Å². The zero-order chi connectivity index (χ0) is 34.6. The maximum atomic E-state index is 13.9. The number of thioether (sulfide) groups is 1. The van der Waals surface area contributed by atoms with Crippen molar-refractivity contribution in [2.24, 2.45) is 0 Å². The summed E-state index contributed by atoms with van der Waals surface area (Å²) in [5.41, 5.74) is 1.09. The number of benzene rings is 2. The molecule has 0 saturated carbocycles. The number of carbonyl (C=O) groups excluding carboxylic acids is 7. The number of hydrogen-bond acceptors (Lipinski definition) is 9. The number of rotatable bonds is 12. The summed E-state index contributed by atoms with van der Waals surface area (Å²) in [5.74, 6) is -3.93. The molecule has 15 heteroatoms. The largest absolute Gasteiger partial charge is 0.459 e. The lowest BCUT2D eigenvalue weighted by Crippen LogP contribution is -2.82. The van der Waals surface area contributed by atoms with E-state index in [-0.39, 0.29) is 19.7 Å². The van der Waals surface area contributed by atoms with Crippen LogP contribution in [0.1, 0.15) is 50.8 Å². The van der Waals surface area contributed by atoms with Crippen LogP contribution in [0.2, 0.25) is 0 Å². The molecule has 254 valence electrons. The molecular weight excluding hydrogens is 640 g/mol. The van der Waals surface area contributed by atoms with Gasteiger partial charge in [0.25, 0.3) is 5.91 Å². The van der Waals surface area contributed by atoms with E-state index >= 15 is 0 Å². The zero-order valence-corrected chi connectivity index (χ0v) is 27.7. The summed E-state index contributed by atoms with van der Waals surface area (Å²) >= 11 is 1.12. The van der Waals surface area contributed by atoms with Crippen molar-refractivity contribution in [2.45, 2.75) is 68.1 Å². The highest BCUT2D eigenvalue weighted by molar-refractivity contribution is 8.02. The van der Waals surface area contributed by atoms with E-state index < -0.39 is 63.5 Å². The smallest absolute Gasteiger partial charge is 0.330 e. The molecule has 0 bridgehead atoms. The van der Waals surface area contributed by atoms with Crippen molar-refractivity contribution in [3.05, 3.63) is 71.8 Å². The fourth-order valence-electron chi connectivity index (χ4n) is 6.16.